The first-order valence-electron chi connectivity index (χ1n) is 14.1. The largest absolute Gasteiger partial charge is 0.296 e. The first-order chi connectivity index (χ1) is 18.5. The van der Waals surface area contributed by atoms with Crippen molar-refractivity contribution in [3.8, 4) is 0 Å². The number of benzene rings is 2. The third kappa shape index (κ3) is 8.88. The van der Waals surface area contributed by atoms with E-state index in [1.54, 1.807) is 6.07 Å². The molecule has 4 unspecified atom stereocenters. The van der Waals surface area contributed by atoms with E-state index in [-0.39, 0.29) is 16.9 Å². The van der Waals surface area contributed by atoms with E-state index < -0.39 is 0 Å². The molecule has 0 aromatic heterocycles. The lowest BCUT2D eigenvalue weighted by Crippen LogP contribution is -2.71. The highest BCUT2D eigenvalue weighted by Crippen LogP contribution is 2.48. The average Bonchev–Trinajstić information content (AvgIpc) is 2.92. The van der Waals surface area contributed by atoms with E-state index in [9.17, 15) is 4.39 Å². The zero-order chi connectivity index (χ0) is 29.8. The molecule has 0 spiro atoms. The molecule has 1 heterocycles. The summed E-state index contributed by atoms with van der Waals surface area (Å²) in [7, 11) is 0. The van der Waals surface area contributed by atoms with Crippen molar-refractivity contribution >= 4 is 0 Å². The predicted octanol–water partition coefficient (Wildman–Crippen LogP) is 9.24. The van der Waals surface area contributed by atoms with Crippen LogP contribution in [-0.4, -0.2) is 29.2 Å². The van der Waals surface area contributed by atoms with E-state index in [1.165, 1.54) is 11.1 Å². The van der Waals surface area contributed by atoms with Crippen LogP contribution in [0.5, 0.6) is 0 Å². The molecule has 3 heteroatoms. The van der Waals surface area contributed by atoms with Gasteiger partial charge in [0.05, 0.1) is 5.66 Å². The van der Waals surface area contributed by atoms with Gasteiger partial charge < -0.3 is 0 Å². The summed E-state index contributed by atoms with van der Waals surface area (Å²) < 4.78 is 14.7. The molecule has 0 radical (unpaired) electrons. The molecule has 39 heavy (non-hydrogen) atoms. The van der Waals surface area contributed by atoms with Gasteiger partial charge in [0.2, 0.25) is 0 Å². The average molecular weight is 533 g/mol. The van der Waals surface area contributed by atoms with Crippen molar-refractivity contribution in [3.05, 3.63) is 122 Å². The third-order valence-corrected chi connectivity index (χ3v) is 8.09. The molecule has 1 saturated heterocycles. The molecular weight excluding hydrogens is 479 g/mol. The summed E-state index contributed by atoms with van der Waals surface area (Å²) in [5.74, 6) is 0.406. The maximum atomic E-state index is 14.7. The van der Waals surface area contributed by atoms with Gasteiger partial charge in [0.1, 0.15) is 5.82 Å². The minimum absolute atomic E-state index is 0.0612. The Labute approximate surface area is 239 Å². The molecule has 2 aliphatic rings. The number of halogens is 1. The van der Waals surface area contributed by atoms with Crippen LogP contribution in [0.3, 0.4) is 0 Å². The van der Waals surface area contributed by atoms with Crippen LogP contribution >= 0.6 is 0 Å². The second-order valence-electron chi connectivity index (χ2n) is 11.4. The van der Waals surface area contributed by atoms with E-state index in [4.69, 9.17) is 0 Å². The van der Waals surface area contributed by atoms with Gasteiger partial charge in [0, 0.05) is 18.6 Å². The Morgan fingerprint density at radius 2 is 1.44 bits per heavy atom. The van der Waals surface area contributed by atoms with E-state index >= 15 is 0 Å². The maximum Gasteiger partial charge on any atom is 0.126 e. The molecule has 2 aromatic rings. The normalized spacial score (nSPS) is 25.2. The summed E-state index contributed by atoms with van der Waals surface area (Å²) in [5, 5.41) is 3.88. The Bertz CT molecular complexity index is 1020. The lowest BCUT2D eigenvalue weighted by Gasteiger charge is -2.59. The number of nitrogens with zero attached hydrogens (tertiary/aromatic N) is 1. The zero-order valence-corrected chi connectivity index (χ0v) is 25.5. The molecule has 1 aliphatic heterocycles. The quantitative estimate of drug-likeness (QED) is 0.386. The number of hydrogen-bond acceptors (Lipinski definition) is 2. The van der Waals surface area contributed by atoms with Crippen LogP contribution in [0.25, 0.3) is 0 Å². The van der Waals surface area contributed by atoms with E-state index in [0.29, 0.717) is 18.0 Å². The summed E-state index contributed by atoms with van der Waals surface area (Å²) in [5.41, 5.74) is 4.48. The highest BCUT2D eigenvalue weighted by Gasteiger charge is 2.50. The number of hydrogen-bond donors (Lipinski definition) is 1. The van der Waals surface area contributed by atoms with Crippen LogP contribution in [-0.2, 0) is 5.41 Å². The first-order valence-corrected chi connectivity index (χ1v) is 14.1. The maximum absolute atomic E-state index is 14.7. The van der Waals surface area contributed by atoms with Crippen molar-refractivity contribution < 1.29 is 4.39 Å². The van der Waals surface area contributed by atoms with E-state index in [2.05, 4.69) is 122 Å². The summed E-state index contributed by atoms with van der Waals surface area (Å²) in [6, 6.07) is 14.9. The van der Waals surface area contributed by atoms with E-state index in [1.807, 2.05) is 18.2 Å². The lowest BCUT2D eigenvalue weighted by atomic mass is 9.61. The van der Waals surface area contributed by atoms with Crippen molar-refractivity contribution in [2.45, 2.75) is 90.4 Å². The lowest BCUT2D eigenvalue weighted by molar-refractivity contribution is -0.0641. The molecule has 214 valence electrons. The number of nitrogens with one attached hydrogen (secondary N) is 1. The molecular formula is C36H53FN2. The summed E-state index contributed by atoms with van der Waals surface area (Å²) in [6.45, 7) is 33.9. The van der Waals surface area contributed by atoms with Crippen LogP contribution in [0.2, 0.25) is 0 Å². The van der Waals surface area contributed by atoms with Crippen LogP contribution < -0.4 is 5.32 Å². The van der Waals surface area contributed by atoms with Crippen LogP contribution in [0.15, 0.2) is 94.1 Å². The molecule has 2 fully saturated rings. The molecule has 1 saturated carbocycles. The van der Waals surface area contributed by atoms with Gasteiger partial charge in [-0.1, -0.05) is 72.2 Å². The fraction of sp³-hybridized carbons (Fsp3) is 0.444. The van der Waals surface area contributed by atoms with Crippen LogP contribution in [0, 0.1) is 32.5 Å². The Kier molecular flexibility index (Phi) is 13.8. The van der Waals surface area contributed by atoms with Crippen molar-refractivity contribution in [1.29, 1.82) is 0 Å². The van der Waals surface area contributed by atoms with Gasteiger partial charge in [-0.3, -0.25) is 10.2 Å². The summed E-state index contributed by atoms with van der Waals surface area (Å²) >= 11 is 0. The third-order valence-electron chi connectivity index (χ3n) is 8.09. The monoisotopic (exact) mass is 532 g/mol. The van der Waals surface area contributed by atoms with Gasteiger partial charge in [-0.15, -0.1) is 39.5 Å². The topological polar surface area (TPSA) is 15.3 Å². The van der Waals surface area contributed by atoms with Gasteiger partial charge in [0.15, 0.2) is 0 Å². The zero-order valence-electron chi connectivity index (χ0n) is 25.5. The SMILES string of the molecule is C=C.C=C.C=CCC1C2CC(C)(c3cc(C)ccc3F)CCC2NC(C)(C)N1CC=C.Cc1ccc(C)cc1. The standard InChI is InChI=1S/C24H35FN2.C8H10.2C2H4/c1-7-9-22-18-16-24(6,19-15-17(3)10-11-20(19)25)13-12-21(18)26-23(4,5)27(22)14-8-2;1-7-3-5-8(2)6-4-7;2*1-2/h7-8,10-11,15,18,21-22,26H,1-2,9,12-14,16H2,3-6H3;3-6H,1-2H3;2*1-2H2. The second kappa shape index (κ2) is 15.7. The minimum atomic E-state index is -0.125. The van der Waals surface area contributed by atoms with E-state index in [0.717, 1.165) is 43.4 Å². The predicted molar refractivity (Wildman–Crippen MR) is 171 cm³/mol. The molecule has 1 N–H and O–H groups in total. The Balaban J connectivity index is 0.000000532. The minimum Gasteiger partial charge on any atom is -0.296 e. The Morgan fingerprint density at radius 3 is 1.95 bits per heavy atom. The van der Waals surface area contributed by atoms with Crippen molar-refractivity contribution in [3.63, 3.8) is 0 Å². The molecule has 0 amide bonds. The number of fused-ring (bicyclic) bond motifs is 1. The summed E-state index contributed by atoms with van der Waals surface area (Å²) in [6.07, 6.45) is 8.06. The van der Waals surface area contributed by atoms with Gasteiger partial charge >= 0.3 is 0 Å². The molecule has 2 aromatic carbocycles. The van der Waals surface area contributed by atoms with Crippen molar-refractivity contribution in [1.82, 2.24) is 10.2 Å². The second-order valence-corrected chi connectivity index (χ2v) is 11.4. The van der Waals surface area contributed by atoms with Gasteiger partial charge in [-0.05, 0) is 83.3 Å². The Hall–Kier alpha value is -2.75. The molecule has 1 aliphatic carbocycles. The number of aryl methyl sites for hydroxylation is 3. The van der Waals surface area contributed by atoms with Gasteiger partial charge in [-0.25, -0.2) is 4.39 Å². The van der Waals surface area contributed by atoms with Crippen LogP contribution in [0.4, 0.5) is 4.39 Å². The van der Waals surface area contributed by atoms with Gasteiger partial charge in [-0.2, -0.15) is 0 Å². The smallest absolute Gasteiger partial charge is 0.126 e. The number of rotatable bonds is 5. The van der Waals surface area contributed by atoms with Crippen molar-refractivity contribution in [2.75, 3.05) is 6.54 Å². The Morgan fingerprint density at radius 1 is 0.897 bits per heavy atom. The fourth-order valence-corrected chi connectivity index (χ4v) is 6.18. The molecule has 0 bridgehead atoms. The molecule has 4 rings (SSSR count). The highest BCUT2D eigenvalue weighted by atomic mass is 19.1. The summed E-state index contributed by atoms with van der Waals surface area (Å²) in [4.78, 5) is 2.52. The van der Waals surface area contributed by atoms with Crippen LogP contribution in [0.1, 0.15) is 68.7 Å². The first kappa shape index (κ1) is 34.3. The fourth-order valence-electron chi connectivity index (χ4n) is 6.18. The van der Waals surface area contributed by atoms with Crippen molar-refractivity contribution in [2.24, 2.45) is 5.92 Å². The van der Waals surface area contributed by atoms with Gasteiger partial charge in [0.25, 0.3) is 0 Å². The highest BCUT2D eigenvalue weighted by molar-refractivity contribution is 5.32. The molecule has 2 nitrogen and oxygen atoms in total. The molecule has 4 atom stereocenters.